The molecular weight excluding hydrogens is 394 g/mol. The van der Waals surface area contributed by atoms with E-state index in [1.165, 1.54) is 22.2 Å². The van der Waals surface area contributed by atoms with Gasteiger partial charge in [0.1, 0.15) is 10.9 Å². The maximum absolute atomic E-state index is 13.3. The Bertz CT molecular complexity index is 1300. The van der Waals surface area contributed by atoms with Gasteiger partial charge in [0.05, 0.1) is 11.7 Å². The number of anilines is 1. The van der Waals surface area contributed by atoms with Crippen molar-refractivity contribution in [3.05, 3.63) is 81.2 Å². The van der Waals surface area contributed by atoms with E-state index in [9.17, 15) is 9.59 Å². The molecule has 1 atom stereocenters. The molecule has 0 fully saturated rings. The highest BCUT2D eigenvalue weighted by molar-refractivity contribution is 7.17. The zero-order valence-electron chi connectivity index (χ0n) is 17.4. The van der Waals surface area contributed by atoms with Crippen LogP contribution in [0.15, 0.2) is 59.0 Å². The number of benzene rings is 2. The Morgan fingerprint density at radius 3 is 2.50 bits per heavy atom. The number of hydrogen-bond acceptors (Lipinski definition) is 4. The lowest BCUT2D eigenvalue weighted by Crippen LogP contribution is -2.31. The smallest absolute Gasteiger partial charge is 0.263 e. The molecule has 1 N–H and O–H groups in total. The second kappa shape index (κ2) is 7.88. The van der Waals surface area contributed by atoms with E-state index in [0.717, 1.165) is 33.5 Å². The van der Waals surface area contributed by atoms with Gasteiger partial charge in [-0.15, -0.1) is 11.3 Å². The van der Waals surface area contributed by atoms with Gasteiger partial charge in [-0.05, 0) is 50.5 Å². The van der Waals surface area contributed by atoms with Crippen LogP contribution in [0.2, 0.25) is 0 Å². The Morgan fingerprint density at radius 1 is 1.07 bits per heavy atom. The molecule has 152 valence electrons. The molecule has 0 aliphatic carbocycles. The fraction of sp³-hybridized carbons (Fsp3) is 0.208. The van der Waals surface area contributed by atoms with Gasteiger partial charge in [0, 0.05) is 16.6 Å². The van der Waals surface area contributed by atoms with Gasteiger partial charge in [-0.25, -0.2) is 4.98 Å². The largest absolute Gasteiger partial charge is 0.324 e. The molecule has 5 nitrogen and oxygen atoms in total. The van der Waals surface area contributed by atoms with Gasteiger partial charge >= 0.3 is 0 Å². The lowest BCUT2D eigenvalue weighted by atomic mass is 10.0. The van der Waals surface area contributed by atoms with Gasteiger partial charge in [-0.3, -0.25) is 14.2 Å². The SMILES string of the molecule is Cc1ccc(-c2csc3ncn([C@H](C)C(=O)Nc4cc(C)ccc4C)c(=O)c23)cc1. The summed E-state index contributed by atoms with van der Waals surface area (Å²) in [5, 5.41) is 5.45. The first-order valence-corrected chi connectivity index (χ1v) is 10.7. The van der Waals surface area contributed by atoms with Crippen LogP contribution in [0, 0.1) is 20.8 Å². The monoisotopic (exact) mass is 417 g/mol. The maximum Gasteiger partial charge on any atom is 0.263 e. The Labute approximate surface area is 179 Å². The summed E-state index contributed by atoms with van der Waals surface area (Å²) in [5.74, 6) is -0.251. The van der Waals surface area contributed by atoms with E-state index in [4.69, 9.17) is 0 Å². The molecule has 2 aromatic carbocycles. The molecule has 0 radical (unpaired) electrons. The van der Waals surface area contributed by atoms with E-state index in [2.05, 4.69) is 10.3 Å². The van der Waals surface area contributed by atoms with Crippen molar-refractivity contribution in [2.24, 2.45) is 0 Å². The first-order valence-electron chi connectivity index (χ1n) is 9.78. The quantitative estimate of drug-likeness (QED) is 0.493. The molecule has 6 heteroatoms. The fourth-order valence-electron chi connectivity index (χ4n) is 3.40. The van der Waals surface area contributed by atoms with E-state index < -0.39 is 6.04 Å². The zero-order valence-corrected chi connectivity index (χ0v) is 18.2. The van der Waals surface area contributed by atoms with Crippen LogP contribution in [0.5, 0.6) is 0 Å². The zero-order chi connectivity index (χ0) is 21.4. The number of aromatic nitrogens is 2. The molecule has 4 aromatic rings. The third kappa shape index (κ3) is 3.66. The van der Waals surface area contributed by atoms with Crippen molar-refractivity contribution >= 4 is 33.1 Å². The summed E-state index contributed by atoms with van der Waals surface area (Å²) in [6.07, 6.45) is 1.47. The summed E-state index contributed by atoms with van der Waals surface area (Å²) in [6.45, 7) is 7.66. The van der Waals surface area contributed by atoms with Crippen LogP contribution in [0.1, 0.15) is 29.7 Å². The van der Waals surface area contributed by atoms with Gasteiger partial charge in [-0.1, -0.05) is 42.0 Å². The Kier molecular flexibility index (Phi) is 5.26. The third-order valence-electron chi connectivity index (χ3n) is 5.33. The van der Waals surface area contributed by atoms with Crippen molar-refractivity contribution in [3.8, 4) is 11.1 Å². The first kappa shape index (κ1) is 20.0. The molecule has 0 aliphatic heterocycles. The van der Waals surface area contributed by atoms with Gasteiger partial charge in [-0.2, -0.15) is 0 Å². The van der Waals surface area contributed by atoms with E-state index in [-0.39, 0.29) is 11.5 Å². The molecule has 0 aliphatic rings. The van der Waals surface area contributed by atoms with Crippen LogP contribution in [-0.4, -0.2) is 15.5 Å². The van der Waals surface area contributed by atoms with Crippen molar-refractivity contribution < 1.29 is 4.79 Å². The summed E-state index contributed by atoms with van der Waals surface area (Å²) < 4.78 is 1.41. The summed E-state index contributed by atoms with van der Waals surface area (Å²) in [7, 11) is 0. The molecule has 0 saturated heterocycles. The number of carbonyl (C=O) groups excluding carboxylic acids is 1. The van der Waals surface area contributed by atoms with Crippen LogP contribution in [-0.2, 0) is 4.79 Å². The second-order valence-electron chi connectivity index (χ2n) is 7.64. The van der Waals surface area contributed by atoms with Gasteiger partial charge in [0.25, 0.3) is 5.56 Å². The molecule has 0 unspecified atom stereocenters. The van der Waals surface area contributed by atoms with Crippen LogP contribution in [0.3, 0.4) is 0 Å². The number of carbonyl (C=O) groups is 1. The number of amides is 1. The number of thiophene rings is 1. The lowest BCUT2D eigenvalue weighted by molar-refractivity contribution is -0.118. The predicted octanol–water partition coefficient (Wildman–Crippen LogP) is 5.25. The molecule has 0 bridgehead atoms. The first-order chi connectivity index (χ1) is 14.3. The topological polar surface area (TPSA) is 64.0 Å². The molecule has 2 heterocycles. The molecule has 30 heavy (non-hydrogen) atoms. The van der Waals surface area contributed by atoms with E-state index in [1.54, 1.807) is 6.92 Å². The minimum Gasteiger partial charge on any atom is -0.324 e. The maximum atomic E-state index is 13.3. The highest BCUT2D eigenvalue weighted by atomic mass is 32.1. The van der Waals surface area contributed by atoms with Crippen molar-refractivity contribution in [2.45, 2.75) is 33.7 Å². The lowest BCUT2D eigenvalue weighted by Gasteiger charge is -2.16. The van der Waals surface area contributed by atoms with Crippen molar-refractivity contribution in [1.29, 1.82) is 0 Å². The van der Waals surface area contributed by atoms with Crippen molar-refractivity contribution in [3.63, 3.8) is 0 Å². The number of hydrogen-bond donors (Lipinski definition) is 1. The Hall–Kier alpha value is -3.25. The van der Waals surface area contributed by atoms with Crippen LogP contribution < -0.4 is 10.9 Å². The van der Waals surface area contributed by atoms with Crippen LogP contribution in [0.25, 0.3) is 21.3 Å². The van der Waals surface area contributed by atoms with E-state index >= 15 is 0 Å². The predicted molar refractivity (Wildman–Crippen MR) is 123 cm³/mol. The molecule has 0 spiro atoms. The van der Waals surface area contributed by atoms with Crippen molar-refractivity contribution in [1.82, 2.24) is 9.55 Å². The normalized spacial score (nSPS) is 12.1. The number of aryl methyl sites for hydroxylation is 3. The van der Waals surface area contributed by atoms with E-state index in [1.807, 2.05) is 68.6 Å². The third-order valence-corrected chi connectivity index (χ3v) is 6.22. The van der Waals surface area contributed by atoms with Gasteiger partial charge < -0.3 is 5.32 Å². The Morgan fingerprint density at radius 2 is 1.77 bits per heavy atom. The highest BCUT2D eigenvalue weighted by Gasteiger charge is 2.21. The van der Waals surface area contributed by atoms with Gasteiger partial charge in [0.2, 0.25) is 5.91 Å². The van der Waals surface area contributed by atoms with E-state index in [0.29, 0.717) is 10.2 Å². The molecular formula is C24H23N3O2S. The summed E-state index contributed by atoms with van der Waals surface area (Å²) in [5.41, 5.74) is 5.56. The second-order valence-corrected chi connectivity index (χ2v) is 8.49. The Balaban J connectivity index is 1.72. The minimum absolute atomic E-state index is 0.208. The number of nitrogens with zero attached hydrogens (tertiary/aromatic N) is 2. The summed E-state index contributed by atoms with van der Waals surface area (Å²) in [6, 6.07) is 13.3. The number of nitrogens with one attached hydrogen (secondary N) is 1. The molecule has 1 amide bonds. The summed E-state index contributed by atoms with van der Waals surface area (Å²) in [4.78, 5) is 31.3. The average Bonchev–Trinajstić information content (AvgIpc) is 3.16. The molecule has 2 aromatic heterocycles. The summed E-state index contributed by atoms with van der Waals surface area (Å²) >= 11 is 1.44. The van der Waals surface area contributed by atoms with Crippen LogP contribution in [0.4, 0.5) is 5.69 Å². The van der Waals surface area contributed by atoms with Gasteiger partial charge in [0.15, 0.2) is 0 Å². The fourth-order valence-corrected chi connectivity index (χ4v) is 4.31. The van der Waals surface area contributed by atoms with Crippen molar-refractivity contribution in [2.75, 3.05) is 5.32 Å². The average molecular weight is 418 g/mol. The number of fused-ring (bicyclic) bond motifs is 1. The van der Waals surface area contributed by atoms with Crippen LogP contribution >= 0.6 is 11.3 Å². The minimum atomic E-state index is -0.694. The number of rotatable bonds is 4. The molecule has 0 saturated carbocycles. The highest BCUT2D eigenvalue weighted by Crippen LogP contribution is 2.31. The molecule has 4 rings (SSSR count). The standard InChI is InChI=1S/C24H23N3O2S/c1-14-6-9-18(10-7-14)19-12-30-23-21(19)24(29)27(13-25-23)17(4)22(28)26-20-11-15(2)5-8-16(20)3/h5-13,17H,1-4H3,(H,26,28)/t17-/m1/s1.